The number of H-pyrrole nitrogens is 1. The van der Waals surface area contributed by atoms with Gasteiger partial charge in [-0.3, -0.25) is 4.90 Å². The Balaban J connectivity index is 1.61. The second-order valence-corrected chi connectivity index (χ2v) is 9.15. The number of nitrogens with zero attached hydrogens (tertiary/aromatic N) is 1. The number of carboxylic acid groups (broad SMARTS) is 1. The zero-order valence-corrected chi connectivity index (χ0v) is 18.7. The van der Waals surface area contributed by atoms with Crippen molar-refractivity contribution in [2.24, 2.45) is 0 Å². The second-order valence-electron chi connectivity index (χ2n) is 9.15. The van der Waals surface area contributed by atoms with Crippen LogP contribution in [0.2, 0.25) is 0 Å². The Morgan fingerprint density at radius 2 is 1.91 bits per heavy atom. The third-order valence-electron chi connectivity index (χ3n) is 6.96. The van der Waals surface area contributed by atoms with Crippen LogP contribution >= 0.6 is 0 Å². The number of hydrogen-bond donors (Lipinski definition) is 2. The van der Waals surface area contributed by atoms with Crippen LogP contribution in [0.3, 0.4) is 0 Å². The van der Waals surface area contributed by atoms with Gasteiger partial charge in [-0.1, -0.05) is 36.4 Å². The highest BCUT2D eigenvalue weighted by Gasteiger charge is 2.39. The first-order valence-electron chi connectivity index (χ1n) is 11.5. The van der Waals surface area contributed by atoms with E-state index in [9.17, 15) is 4.79 Å². The molecule has 1 saturated heterocycles. The van der Waals surface area contributed by atoms with E-state index in [2.05, 4.69) is 54.1 Å². The molecule has 1 fully saturated rings. The Bertz CT molecular complexity index is 1160. The lowest BCUT2D eigenvalue weighted by Crippen LogP contribution is -2.50. The smallest absolute Gasteiger partial charge is 0.328 e. The summed E-state index contributed by atoms with van der Waals surface area (Å²) in [5, 5.41) is 10.3. The van der Waals surface area contributed by atoms with Gasteiger partial charge < -0.3 is 14.8 Å². The van der Waals surface area contributed by atoms with Crippen LogP contribution in [0, 0.1) is 6.92 Å². The molecule has 1 aromatic heterocycles. The number of carboxylic acids is 1. The minimum Gasteiger partial charge on any atom is -0.478 e. The van der Waals surface area contributed by atoms with Gasteiger partial charge in [-0.05, 0) is 67.5 Å². The van der Waals surface area contributed by atoms with Crippen LogP contribution in [-0.4, -0.2) is 46.3 Å². The molecule has 0 radical (unpaired) electrons. The van der Waals surface area contributed by atoms with E-state index in [1.54, 1.807) is 6.08 Å². The van der Waals surface area contributed by atoms with Crippen molar-refractivity contribution in [2.75, 3.05) is 13.2 Å². The summed E-state index contributed by atoms with van der Waals surface area (Å²) in [4.78, 5) is 17.4. The van der Waals surface area contributed by atoms with Gasteiger partial charge >= 0.3 is 5.97 Å². The number of ether oxygens (including phenoxy) is 1. The normalized spacial score (nSPS) is 22.4. The van der Waals surface area contributed by atoms with Gasteiger partial charge in [-0.2, -0.15) is 0 Å². The van der Waals surface area contributed by atoms with Crippen LogP contribution in [0.5, 0.6) is 0 Å². The predicted octanol–water partition coefficient (Wildman–Crippen LogP) is 5.09. The first-order chi connectivity index (χ1) is 15.5. The minimum atomic E-state index is -0.932. The molecule has 32 heavy (non-hydrogen) atoms. The van der Waals surface area contributed by atoms with E-state index in [-0.39, 0.29) is 6.04 Å². The van der Waals surface area contributed by atoms with E-state index in [4.69, 9.17) is 9.84 Å². The van der Waals surface area contributed by atoms with E-state index < -0.39 is 5.97 Å². The molecule has 0 aliphatic carbocycles. The number of aliphatic carboxylic acids is 1. The molecule has 2 N–H and O–H groups in total. The van der Waals surface area contributed by atoms with Gasteiger partial charge in [0.25, 0.3) is 0 Å². The van der Waals surface area contributed by atoms with Gasteiger partial charge in [0.05, 0.1) is 6.04 Å². The highest BCUT2D eigenvalue weighted by atomic mass is 16.5. The van der Waals surface area contributed by atoms with Crippen molar-refractivity contribution in [3.63, 3.8) is 0 Å². The van der Waals surface area contributed by atoms with Crippen molar-refractivity contribution in [1.82, 2.24) is 9.88 Å². The molecule has 3 heterocycles. The summed E-state index contributed by atoms with van der Waals surface area (Å²) in [5.74, 6) is -0.932. The molecule has 2 aliphatic rings. The Labute approximate surface area is 188 Å². The van der Waals surface area contributed by atoms with Crippen molar-refractivity contribution in [2.45, 2.75) is 51.2 Å². The molecule has 5 nitrogen and oxygen atoms in total. The van der Waals surface area contributed by atoms with E-state index in [0.29, 0.717) is 12.1 Å². The lowest BCUT2D eigenvalue weighted by molar-refractivity contribution is -0.131. The lowest BCUT2D eigenvalue weighted by atomic mass is 9.85. The number of hydrogen-bond acceptors (Lipinski definition) is 3. The molecule has 3 aromatic rings. The standard InChI is InChI=1S/C27H30N2O3/c1-17-3-9-22-23-16-18(2)29(21-11-13-32-14-12-21)27(26(23)28-24(22)15-17)20-7-4-19(5-8-20)6-10-25(30)31/h3-10,15,18,21,27-28H,11-14,16H2,1-2H3,(H,30,31)/b10-6+. The summed E-state index contributed by atoms with van der Waals surface area (Å²) in [5.41, 5.74) is 7.32. The molecule has 2 aromatic carbocycles. The van der Waals surface area contributed by atoms with Crippen LogP contribution in [0.25, 0.3) is 17.0 Å². The van der Waals surface area contributed by atoms with Crippen molar-refractivity contribution >= 4 is 22.9 Å². The van der Waals surface area contributed by atoms with E-state index in [1.807, 2.05) is 12.1 Å². The summed E-state index contributed by atoms with van der Waals surface area (Å²) >= 11 is 0. The first-order valence-corrected chi connectivity index (χ1v) is 11.5. The van der Waals surface area contributed by atoms with Crippen LogP contribution in [-0.2, 0) is 16.0 Å². The highest BCUT2D eigenvalue weighted by Crippen LogP contribution is 2.43. The average molecular weight is 431 g/mol. The fourth-order valence-electron chi connectivity index (χ4n) is 5.50. The number of benzene rings is 2. The molecular weight excluding hydrogens is 400 g/mol. The fourth-order valence-corrected chi connectivity index (χ4v) is 5.50. The summed E-state index contributed by atoms with van der Waals surface area (Å²) in [6.07, 6.45) is 5.96. The highest BCUT2D eigenvalue weighted by molar-refractivity contribution is 5.86. The topological polar surface area (TPSA) is 65.6 Å². The Kier molecular flexibility index (Phi) is 5.62. The van der Waals surface area contributed by atoms with Crippen molar-refractivity contribution < 1.29 is 14.6 Å². The van der Waals surface area contributed by atoms with Crippen LogP contribution in [0.4, 0.5) is 0 Å². The van der Waals surface area contributed by atoms with Gasteiger partial charge in [0.15, 0.2) is 0 Å². The molecule has 5 rings (SSSR count). The third-order valence-corrected chi connectivity index (χ3v) is 6.96. The second kappa shape index (κ2) is 8.57. The molecule has 0 amide bonds. The van der Waals surface area contributed by atoms with E-state index in [1.165, 1.54) is 39.4 Å². The third kappa shape index (κ3) is 3.87. The monoisotopic (exact) mass is 430 g/mol. The molecule has 0 bridgehead atoms. The van der Waals surface area contributed by atoms with Gasteiger partial charge in [-0.15, -0.1) is 0 Å². The van der Waals surface area contributed by atoms with Crippen molar-refractivity contribution in [3.05, 3.63) is 76.5 Å². The molecule has 5 heteroatoms. The van der Waals surface area contributed by atoms with Crippen LogP contribution in [0.1, 0.15) is 53.8 Å². The maximum Gasteiger partial charge on any atom is 0.328 e. The molecule has 166 valence electrons. The quantitative estimate of drug-likeness (QED) is 0.566. The predicted molar refractivity (Wildman–Crippen MR) is 127 cm³/mol. The van der Waals surface area contributed by atoms with Crippen molar-refractivity contribution in [3.8, 4) is 0 Å². The molecule has 2 unspecified atom stereocenters. The molecular formula is C27H30N2O3. The average Bonchev–Trinajstić information content (AvgIpc) is 3.14. The van der Waals surface area contributed by atoms with E-state index >= 15 is 0 Å². The van der Waals surface area contributed by atoms with Gasteiger partial charge in [0.2, 0.25) is 0 Å². The van der Waals surface area contributed by atoms with Gasteiger partial charge in [0, 0.05) is 48.0 Å². The molecule has 2 aliphatic heterocycles. The van der Waals surface area contributed by atoms with Crippen molar-refractivity contribution in [1.29, 1.82) is 0 Å². The Morgan fingerprint density at radius 3 is 2.62 bits per heavy atom. The summed E-state index contributed by atoms with van der Waals surface area (Å²) in [6.45, 7) is 6.12. The number of rotatable bonds is 4. The Morgan fingerprint density at radius 1 is 1.16 bits per heavy atom. The number of aromatic nitrogens is 1. The van der Waals surface area contributed by atoms with Gasteiger partial charge in [0.1, 0.15) is 0 Å². The first kappa shape index (κ1) is 21.0. The SMILES string of the molecule is Cc1ccc2c3c([nH]c2c1)C(c1ccc(/C=C/C(=O)O)cc1)N(C1CCOCC1)C(C)C3. The number of aromatic amines is 1. The van der Waals surface area contributed by atoms with E-state index in [0.717, 1.165) is 38.0 Å². The van der Waals surface area contributed by atoms with Gasteiger partial charge in [-0.25, -0.2) is 4.79 Å². The molecule has 0 spiro atoms. The molecule has 2 atom stereocenters. The number of aryl methyl sites for hydroxylation is 1. The molecule has 0 saturated carbocycles. The minimum absolute atomic E-state index is 0.141. The summed E-state index contributed by atoms with van der Waals surface area (Å²) in [6, 6.07) is 16.1. The maximum absolute atomic E-state index is 10.9. The van der Waals surface area contributed by atoms with Crippen LogP contribution in [0.15, 0.2) is 48.5 Å². The largest absolute Gasteiger partial charge is 0.478 e. The number of carbonyl (C=O) groups is 1. The van der Waals surface area contributed by atoms with Crippen LogP contribution < -0.4 is 0 Å². The Hall–Kier alpha value is -2.89. The zero-order chi connectivity index (χ0) is 22.2. The fraction of sp³-hybridized carbons (Fsp3) is 0.370. The zero-order valence-electron chi connectivity index (χ0n) is 18.7. The lowest BCUT2D eigenvalue weighted by Gasteiger charge is -2.46. The number of nitrogens with one attached hydrogen (secondary N) is 1. The maximum atomic E-state index is 10.9. The number of fused-ring (bicyclic) bond motifs is 3. The summed E-state index contributed by atoms with van der Waals surface area (Å²) in [7, 11) is 0. The summed E-state index contributed by atoms with van der Waals surface area (Å²) < 4.78 is 5.67.